The molecule has 84 valence electrons. The molecule has 0 aliphatic carbocycles. The second-order valence-electron chi connectivity index (χ2n) is 3.75. The molecule has 0 bridgehead atoms. The minimum atomic E-state index is -0.156. The van der Waals surface area contributed by atoms with Crippen molar-refractivity contribution in [3.8, 4) is 0 Å². The van der Waals surface area contributed by atoms with Crippen LogP contribution in [0, 0.1) is 12.7 Å². The number of nitrogens with two attached hydrogens (primary N) is 1. The van der Waals surface area contributed by atoms with Crippen molar-refractivity contribution in [3.05, 3.63) is 35.1 Å². The standard InChI is InChI=1S/C12H18FNS/c1-3-12(14)8-15-7-10-6-11(13)5-4-9(10)2/h4-6,12H,3,7-8,14H2,1-2H3. The third kappa shape index (κ3) is 4.22. The van der Waals surface area contributed by atoms with Crippen LogP contribution in [0.2, 0.25) is 0 Å². The summed E-state index contributed by atoms with van der Waals surface area (Å²) in [4.78, 5) is 0. The van der Waals surface area contributed by atoms with Gasteiger partial charge in [0.25, 0.3) is 0 Å². The number of hydrogen-bond acceptors (Lipinski definition) is 2. The summed E-state index contributed by atoms with van der Waals surface area (Å²) in [5, 5.41) is 0. The molecule has 0 fully saturated rings. The van der Waals surface area contributed by atoms with Crippen LogP contribution in [-0.4, -0.2) is 11.8 Å². The van der Waals surface area contributed by atoms with E-state index in [-0.39, 0.29) is 11.9 Å². The Morgan fingerprint density at radius 2 is 2.20 bits per heavy atom. The maximum absolute atomic E-state index is 13.0. The van der Waals surface area contributed by atoms with Gasteiger partial charge in [-0.2, -0.15) is 11.8 Å². The van der Waals surface area contributed by atoms with Gasteiger partial charge in [-0.3, -0.25) is 0 Å². The maximum atomic E-state index is 13.0. The highest BCUT2D eigenvalue weighted by Crippen LogP contribution is 2.18. The smallest absolute Gasteiger partial charge is 0.123 e. The molecule has 1 aromatic rings. The molecule has 0 aliphatic heterocycles. The predicted molar refractivity (Wildman–Crippen MR) is 65.6 cm³/mol. The van der Waals surface area contributed by atoms with Crippen LogP contribution in [0.3, 0.4) is 0 Å². The van der Waals surface area contributed by atoms with Gasteiger partial charge in [-0.25, -0.2) is 4.39 Å². The second kappa shape index (κ2) is 6.13. The van der Waals surface area contributed by atoms with Crippen LogP contribution in [0.4, 0.5) is 4.39 Å². The summed E-state index contributed by atoms with van der Waals surface area (Å²) in [6, 6.07) is 5.19. The maximum Gasteiger partial charge on any atom is 0.123 e. The Bertz CT molecular complexity index is 314. The van der Waals surface area contributed by atoms with Crippen molar-refractivity contribution in [3.63, 3.8) is 0 Å². The van der Waals surface area contributed by atoms with Crippen molar-refractivity contribution in [1.82, 2.24) is 0 Å². The van der Waals surface area contributed by atoms with Crippen molar-refractivity contribution >= 4 is 11.8 Å². The van der Waals surface area contributed by atoms with Crippen molar-refractivity contribution in [1.29, 1.82) is 0 Å². The van der Waals surface area contributed by atoms with Gasteiger partial charge >= 0.3 is 0 Å². The van der Waals surface area contributed by atoms with Gasteiger partial charge in [0.15, 0.2) is 0 Å². The fourth-order valence-electron chi connectivity index (χ4n) is 1.23. The Morgan fingerprint density at radius 3 is 2.87 bits per heavy atom. The number of benzene rings is 1. The molecule has 1 unspecified atom stereocenters. The predicted octanol–water partition coefficient (Wildman–Crippen LogP) is 3.10. The Hall–Kier alpha value is -0.540. The van der Waals surface area contributed by atoms with Gasteiger partial charge in [0.05, 0.1) is 0 Å². The van der Waals surface area contributed by atoms with Gasteiger partial charge in [0, 0.05) is 17.5 Å². The largest absolute Gasteiger partial charge is 0.327 e. The van der Waals surface area contributed by atoms with Gasteiger partial charge < -0.3 is 5.73 Å². The van der Waals surface area contributed by atoms with Gasteiger partial charge in [0.1, 0.15) is 5.82 Å². The van der Waals surface area contributed by atoms with Gasteiger partial charge in [0.2, 0.25) is 0 Å². The van der Waals surface area contributed by atoms with Crippen LogP contribution in [0.25, 0.3) is 0 Å². The van der Waals surface area contributed by atoms with Crippen LogP contribution >= 0.6 is 11.8 Å². The van der Waals surface area contributed by atoms with E-state index in [1.807, 2.05) is 13.0 Å². The van der Waals surface area contributed by atoms with E-state index in [2.05, 4.69) is 6.92 Å². The van der Waals surface area contributed by atoms with E-state index in [1.165, 1.54) is 6.07 Å². The molecule has 0 radical (unpaired) electrons. The Kier molecular flexibility index (Phi) is 5.12. The third-order valence-corrected chi connectivity index (χ3v) is 3.60. The zero-order chi connectivity index (χ0) is 11.3. The van der Waals surface area contributed by atoms with Gasteiger partial charge in [-0.05, 0) is 36.6 Å². The molecule has 1 rings (SSSR count). The van der Waals surface area contributed by atoms with E-state index in [4.69, 9.17) is 5.73 Å². The van der Waals surface area contributed by atoms with E-state index in [9.17, 15) is 4.39 Å². The molecule has 0 saturated heterocycles. The van der Waals surface area contributed by atoms with E-state index >= 15 is 0 Å². The Labute approximate surface area is 95.2 Å². The summed E-state index contributed by atoms with van der Waals surface area (Å²) >= 11 is 1.77. The zero-order valence-electron chi connectivity index (χ0n) is 9.29. The third-order valence-electron chi connectivity index (χ3n) is 2.43. The number of halogens is 1. The van der Waals surface area contributed by atoms with Crippen LogP contribution in [-0.2, 0) is 5.75 Å². The molecule has 15 heavy (non-hydrogen) atoms. The highest BCUT2D eigenvalue weighted by molar-refractivity contribution is 7.98. The molecular weight excluding hydrogens is 209 g/mol. The summed E-state index contributed by atoms with van der Waals surface area (Å²) in [6.07, 6.45) is 0.995. The fraction of sp³-hybridized carbons (Fsp3) is 0.500. The topological polar surface area (TPSA) is 26.0 Å². The molecule has 0 aromatic heterocycles. The lowest BCUT2D eigenvalue weighted by molar-refractivity contribution is 0.626. The van der Waals surface area contributed by atoms with Gasteiger partial charge in [-0.1, -0.05) is 13.0 Å². The summed E-state index contributed by atoms with van der Waals surface area (Å²) in [7, 11) is 0. The SMILES string of the molecule is CCC(N)CSCc1cc(F)ccc1C. The lowest BCUT2D eigenvalue weighted by Gasteiger charge is -2.09. The van der Waals surface area contributed by atoms with E-state index in [0.717, 1.165) is 29.1 Å². The van der Waals surface area contributed by atoms with Crippen molar-refractivity contribution in [2.45, 2.75) is 32.1 Å². The van der Waals surface area contributed by atoms with Crippen LogP contribution in [0.1, 0.15) is 24.5 Å². The highest BCUT2D eigenvalue weighted by Gasteiger charge is 2.03. The molecule has 0 aliphatic rings. The van der Waals surface area contributed by atoms with Crippen LogP contribution < -0.4 is 5.73 Å². The van der Waals surface area contributed by atoms with Crippen molar-refractivity contribution in [2.75, 3.05) is 5.75 Å². The minimum Gasteiger partial charge on any atom is -0.327 e. The quantitative estimate of drug-likeness (QED) is 0.836. The molecule has 3 heteroatoms. The van der Waals surface area contributed by atoms with E-state index in [0.29, 0.717) is 0 Å². The molecule has 0 heterocycles. The van der Waals surface area contributed by atoms with E-state index in [1.54, 1.807) is 17.8 Å². The normalized spacial score (nSPS) is 12.8. The van der Waals surface area contributed by atoms with Crippen LogP contribution in [0.15, 0.2) is 18.2 Å². The number of hydrogen-bond donors (Lipinski definition) is 1. The first-order chi connectivity index (χ1) is 7.13. The molecule has 1 nitrogen and oxygen atoms in total. The first kappa shape index (κ1) is 12.5. The summed E-state index contributed by atoms with van der Waals surface area (Å²) in [5.74, 6) is 1.63. The second-order valence-corrected chi connectivity index (χ2v) is 4.78. The molecular formula is C12H18FNS. The lowest BCUT2D eigenvalue weighted by Crippen LogP contribution is -2.21. The summed E-state index contributed by atoms with van der Waals surface area (Å²) in [6.45, 7) is 4.09. The van der Waals surface area contributed by atoms with Crippen molar-refractivity contribution < 1.29 is 4.39 Å². The molecule has 0 saturated carbocycles. The number of rotatable bonds is 5. The highest BCUT2D eigenvalue weighted by atomic mass is 32.2. The molecule has 0 spiro atoms. The molecule has 0 amide bonds. The van der Waals surface area contributed by atoms with Crippen molar-refractivity contribution in [2.24, 2.45) is 5.73 Å². The zero-order valence-corrected chi connectivity index (χ0v) is 10.1. The van der Waals surface area contributed by atoms with Crippen LogP contribution in [0.5, 0.6) is 0 Å². The average molecular weight is 227 g/mol. The molecule has 1 atom stereocenters. The van der Waals surface area contributed by atoms with E-state index < -0.39 is 0 Å². The number of aryl methyl sites for hydroxylation is 1. The molecule has 1 aromatic carbocycles. The molecule has 2 N–H and O–H groups in total. The number of thioether (sulfide) groups is 1. The summed E-state index contributed by atoms with van der Waals surface area (Å²) < 4.78 is 13.0. The first-order valence-corrected chi connectivity index (χ1v) is 6.37. The monoisotopic (exact) mass is 227 g/mol. The summed E-state index contributed by atoms with van der Waals surface area (Å²) in [5.41, 5.74) is 8.03. The Balaban J connectivity index is 2.46. The minimum absolute atomic E-state index is 0.156. The average Bonchev–Trinajstić information content (AvgIpc) is 2.23. The lowest BCUT2D eigenvalue weighted by atomic mass is 10.1. The first-order valence-electron chi connectivity index (χ1n) is 5.21. The fourth-order valence-corrected chi connectivity index (χ4v) is 2.42. The van der Waals surface area contributed by atoms with Gasteiger partial charge in [-0.15, -0.1) is 0 Å². The Morgan fingerprint density at radius 1 is 1.47 bits per heavy atom.